The molecule has 0 bridgehead atoms. The molecule has 0 heterocycles. The zero-order chi connectivity index (χ0) is 8.36. The lowest BCUT2D eigenvalue weighted by molar-refractivity contribution is 0.612. The maximum Gasteiger partial charge on any atom is 0.0223 e. The van der Waals surface area contributed by atoms with Gasteiger partial charge in [0.05, 0.1) is 0 Å². The van der Waals surface area contributed by atoms with Gasteiger partial charge in [-0.25, -0.2) is 0 Å². The van der Waals surface area contributed by atoms with Gasteiger partial charge >= 0.3 is 0 Å². The zero-order valence-corrected chi connectivity index (χ0v) is 7.95. The van der Waals surface area contributed by atoms with Crippen LogP contribution >= 0.6 is 11.6 Å². The van der Waals surface area contributed by atoms with Gasteiger partial charge in [-0.2, -0.15) is 0 Å². The second-order valence-corrected chi connectivity index (χ2v) is 3.21. The van der Waals surface area contributed by atoms with Crippen molar-refractivity contribution in [3.63, 3.8) is 0 Å². The van der Waals surface area contributed by atoms with E-state index in [1.165, 1.54) is 38.5 Å². The summed E-state index contributed by atoms with van der Waals surface area (Å²) < 4.78 is 0. The van der Waals surface area contributed by atoms with Crippen molar-refractivity contribution in [2.24, 2.45) is 0 Å². The summed E-state index contributed by atoms with van der Waals surface area (Å²) in [5, 5.41) is 0. The van der Waals surface area contributed by atoms with Gasteiger partial charge in [0.2, 0.25) is 0 Å². The molecule has 0 saturated heterocycles. The van der Waals surface area contributed by atoms with Crippen LogP contribution in [-0.2, 0) is 0 Å². The van der Waals surface area contributed by atoms with Crippen LogP contribution in [0.15, 0.2) is 6.08 Å². The molecule has 0 fully saturated rings. The molecule has 1 heteroatoms. The summed E-state index contributed by atoms with van der Waals surface area (Å²) in [6.45, 7) is 5.25. The van der Waals surface area contributed by atoms with Crippen LogP contribution in [0.1, 0.15) is 44.9 Å². The van der Waals surface area contributed by atoms with Gasteiger partial charge in [-0.3, -0.25) is 0 Å². The summed E-state index contributed by atoms with van der Waals surface area (Å²) in [7, 11) is 0. The van der Waals surface area contributed by atoms with Crippen LogP contribution in [-0.4, -0.2) is 5.88 Å². The molecule has 0 amide bonds. The minimum Gasteiger partial charge on any atom is -0.127 e. The summed E-state index contributed by atoms with van der Waals surface area (Å²) in [4.78, 5) is 0. The van der Waals surface area contributed by atoms with Crippen LogP contribution in [0, 0.1) is 6.58 Å². The maximum atomic E-state index is 5.54. The molecule has 0 aromatic heterocycles. The molecule has 0 spiro atoms. The summed E-state index contributed by atoms with van der Waals surface area (Å²) in [5.74, 6) is 0.816. The van der Waals surface area contributed by atoms with Crippen molar-refractivity contribution in [3.05, 3.63) is 12.7 Å². The molecule has 11 heavy (non-hydrogen) atoms. The van der Waals surface area contributed by atoms with Crippen LogP contribution in [0.4, 0.5) is 0 Å². The van der Waals surface area contributed by atoms with E-state index >= 15 is 0 Å². The number of hydrogen-bond acceptors (Lipinski definition) is 0. The standard InChI is InChI=1S/C10H18Cl/c1-2-3-4-5-6-7-8-9-10-11/h1-2H,3-10H2. The molecule has 0 aliphatic heterocycles. The lowest BCUT2D eigenvalue weighted by atomic mass is 10.1. The molecule has 0 nitrogen and oxygen atoms in total. The Kier molecular flexibility index (Phi) is 10.1. The Bertz CT molecular complexity index is 78.9. The van der Waals surface area contributed by atoms with Crippen LogP contribution in [0.5, 0.6) is 0 Å². The molecular weight excluding hydrogens is 156 g/mol. The average Bonchev–Trinajstić information content (AvgIpc) is 2.03. The number of alkyl halides is 1. The highest BCUT2D eigenvalue weighted by Crippen LogP contribution is 2.07. The van der Waals surface area contributed by atoms with E-state index in [9.17, 15) is 0 Å². The molecule has 0 aliphatic carbocycles. The molecule has 0 rings (SSSR count). The fourth-order valence-corrected chi connectivity index (χ4v) is 1.25. The third-order valence-corrected chi connectivity index (χ3v) is 2.02. The van der Waals surface area contributed by atoms with Gasteiger partial charge in [0.1, 0.15) is 0 Å². The minimum atomic E-state index is 0.816. The van der Waals surface area contributed by atoms with Crippen molar-refractivity contribution in [1.82, 2.24) is 0 Å². The Balaban J connectivity index is 2.74. The van der Waals surface area contributed by atoms with Crippen LogP contribution in [0.25, 0.3) is 0 Å². The summed E-state index contributed by atoms with van der Waals surface area (Å²) in [6, 6.07) is 0. The van der Waals surface area contributed by atoms with Gasteiger partial charge in [0, 0.05) is 5.88 Å². The molecule has 0 aliphatic rings. The Morgan fingerprint density at radius 3 is 2.00 bits per heavy atom. The first kappa shape index (κ1) is 11.0. The average molecular weight is 174 g/mol. The summed E-state index contributed by atoms with van der Waals surface area (Å²) in [5.41, 5.74) is 0. The van der Waals surface area contributed by atoms with Crippen LogP contribution < -0.4 is 0 Å². The second kappa shape index (κ2) is 10.0. The summed E-state index contributed by atoms with van der Waals surface area (Å²) in [6.07, 6.45) is 10.5. The number of halogens is 1. The fraction of sp³-hybridized carbons (Fsp3) is 0.800. The molecule has 65 valence electrons. The highest BCUT2D eigenvalue weighted by molar-refractivity contribution is 6.17. The van der Waals surface area contributed by atoms with Crippen molar-refractivity contribution in [1.29, 1.82) is 0 Å². The third-order valence-electron chi connectivity index (χ3n) is 1.75. The molecule has 0 N–H and O–H groups in total. The van der Waals surface area contributed by atoms with Crippen LogP contribution in [0.3, 0.4) is 0 Å². The summed E-state index contributed by atoms with van der Waals surface area (Å²) >= 11 is 5.54. The molecule has 0 atom stereocenters. The molecule has 0 saturated carbocycles. The van der Waals surface area contributed by atoms with E-state index in [1.807, 2.05) is 0 Å². The Morgan fingerprint density at radius 2 is 1.45 bits per heavy atom. The number of allylic oxidation sites excluding steroid dienone is 1. The molecule has 0 aromatic carbocycles. The Hall–Kier alpha value is 0.0300. The van der Waals surface area contributed by atoms with Crippen molar-refractivity contribution in [2.45, 2.75) is 44.9 Å². The van der Waals surface area contributed by atoms with E-state index in [-0.39, 0.29) is 0 Å². The highest BCUT2D eigenvalue weighted by atomic mass is 35.5. The second-order valence-electron chi connectivity index (χ2n) is 2.83. The Morgan fingerprint density at radius 1 is 0.909 bits per heavy atom. The normalized spacial score (nSPS) is 9.91. The van der Waals surface area contributed by atoms with Gasteiger partial charge in [0.25, 0.3) is 0 Å². The molecule has 1 radical (unpaired) electrons. The Labute approximate surface area is 75.6 Å². The topological polar surface area (TPSA) is 0 Å². The van der Waals surface area contributed by atoms with E-state index in [2.05, 4.69) is 0 Å². The zero-order valence-electron chi connectivity index (χ0n) is 7.19. The van der Waals surface area contributed by atoms with Crippen molar-refractivity contribution in [2.75, 3.05) is 5.88 Å². The monoisotopic (exact) mass is 173 g/mol. The van der Waals surface area contributed by atoms with Crippen molar-refractivity contribution in [3.8, 4) is 0 Å². The first-order valence-corrected chi connectivity index (χ1v) is 5.04. The van der Waals surface area contributed by atoms with Crippen LogP contribution in [0.2, 0.25) is 0 Å². The van der Waals surface area contributed by atoms with E-state index in [0.717, 1.165) is 12.3 Å². The van der Waals surface area contributed by atoms with Gasteiger partial charge < -0.3 is 0 Å². The van der Waals surface area contributed by atoms with Crippen molar-refractivity contribution >= 4 is 11.6 Å². The number of unbranched alkanes of at least 4 members (excludes halogenated alkanes) is 6. The van der Waals surface area contributed by atoms with Gasteiger partial charge in [-0.1, -0.05) is 38.3 Å². The quantitative estimate of drug-likeness (QED) is 0.385. The lowest BCUT2D eigenvalue weighted by Crippen LogP contribution is -1.79. The lowest BCUT2D eigenvalue weighted by Gasteiger charge is -1.97. The largest absolute Gasteiger partial charge is 0.127 e. The van der Waals surface area contributed by atoms with E-state index in [0.29, 0.717) is 0 Å². The smallest absolute Gasteiger partial charge is 0.0223 e. The molecule has 0 aromatic rings. The van der Waals surface area contributed by atoms with Gasteiger partial charge in [0.15, 0.2) is 0 Å². The van der Waals surface area contributed by atoms with E-state index in [1.54, 1.807) is 6.08 Å². The fourth-order valence-electron chi connectivity index (χ4n) is 1.06. The van der Waals surface area contributed by atoms with E-state index < -0.39 is 0 Å². The molecular formula is C10H18Cl. The van der Waals surface area contributed by atoms with E-state index in [4.69, 9.17) is 18.2 Å². The van der Waals surface area contributed by atoms with Gasteiger partial charge in [-0.05, 0) is 19.3 Å². The first-order chi connectivity index (χ1) is 5.41. The number of rotatable bonds is 8. The number of hydrogen-bond donors (Lipinski definition) is 0. The maximum absolute atomic E-state index is 5.54. The first-order valence-electron chi connectivity index (χ1n) is 4.51. The highest BCUT2D eigenvalue weighted by Gasteiger charge is 1.88. The van der Waals surface area contributed by atoms with Gasteiger partial charge in [-0.15, -0.1) is 11.6 Å². The predicted molar refractivity (Wildman–Crippen MR) is 51.9 cm³/mol. The molecule has 0 unspecified atom stereocenters. The van der Waals surface area contributed by atoms with Crippen molar-refractivity contribution < 1.29 is 0 Å². The third kappa shape index (κ3) is 10.0. The minimum absolute atomic E-state index is 0.816. The predicted octanol–water partition coefficient (Wildman–Crippen LogP) is 3.95. The SMILES string of the molecule is [CH]=CCCCCCCCCCl.